The number of hydrogen-bond donors (Lipinski definition) is 3. The summed E-state index contributed by atoms with van der Waals surface area (Å²) in [6.07, 6.45) is 51.0. The first-order valence-corrected chi connectivity index (χ1v) is 28.2. The standard InChI is InChI=1S/C61H98O12/c1-4-7-10-13-16-19-22-24-26-27-29-30-33-35-38-41-44-47-53(62)69-50-52(71-54(63)48-45-42-39-37-34-31-28-25-23-20-17-14-11-8-5-2)51-70-61-59(57(66)56(65)58(73-61)60(67)68)72-55(64)49-46-43-40-36-32-21-18-15-12-9-6-3/h7-8,10-11,15-20,24-26,28-30,52,56-59,61,65-66H,4-6,9,12-14,21-23,27,31-51H2,1-3H3,(H,67,68)/b10-7-,11-8-,18-15-,19-16-,20-17-,26-24-,28-25-,30-29-. The van der Waals surface area contributed by atoms with Gasteiger partial charge >= 0.3 is 23.9 Å². The molecule has 1 saturated heterocycles. The molecule has 6 atom stereocenters. The Labute approximate surface area is 441 Å². The lowest BCUT2D eigenvalue weighted by atomic mass is 9.98. The first-order chi connectivity index (χ1) is 35.6. The predicted octanol–water partition coefficient (Wildman–Crippen LogP) is 14.1. The fraction of sp³-hybridized carbons (Fsp3) is 0.672. The highest BCUT2D eigenvalue weighted by Crippen LogP contribution is 2.26. The Kier molecular flexibility index (Phi) is 44.4. The number of aliphatic hydroxyl groups is 2. The van der Waals surface area contributed by atoms with E-state index in [1.54, 1.807) is 0 Å². The Bertz CT molecular complexity index is 1640. The van der Waals surface area contributed by atoms with Crippen molar-refractivity contribution in [1.29, 1.82) is 0 Å². The molecule has 0 amide bonds. The smallest absolute Gasteiger partial charge is 0.335 e. The molecule has 1 rings (SSSR count). The van der Waals surface area contributed by atoms with E-state index < -0.39 is 67.3 Å². The summed E-state index contributed by atoms with van der Waals surface area (Å²) in [4.78, 5) is 51.0. The third kappa shape index (κ3) is 38.8. The third-order valence-electron chi connectivity index (χ3n) is 12.1. The fourth-order valence-corrected chi connectivity index (χ4v) is 7.82. The van der Waals surface area contributed by atoms with Gasteiger partial charge in [-0.25, -0.2) is 4.79 Å². The van der Waals surface area contributed by atoms with Crippen molar-refractivity contribution >= 4 is 23.9 Å². The molecule has 3 N–H and O–H groups in total. The molecule has 12 nitrogen and oxygen atoms in total. The van der Waals surface area contributed by atoms with Gasteiger partial charge in [0.25, 0.3) is 0 Å². The van der Waals surface area contributed by atoms with Gasteiger partial charge in [0.05, 0.1) is 6.61 Å². The van der Waals surface area contributed by atoms with Gasteiger partial charge in [0.1, 0.15) is 18.8 Å². The average Bonchev–Trinajstić information content (AvgIpc) is 3.37. The van der Waals surface area contributed by atoms with Crippen molar-refractivity contribution < 1.29 is 58.2 Å². The molecule has 1 aliphatic rings. The minimum atomic E-state index is -1.91. The molecule has 6 unspecified atom stereocenters. The van der Waals surface area contributed by atoms with Gasteiger partial charge in [-0.15, -0.1) is 0 Å². The second kappa shape index (κ2) is 48.6. The average molecular weight is 1020 g/mol. The third-order valence-corrected chi connectivity index (χ3v) is 12.1. The van der Waals surface area contributed by atoms with E-state index in [0.29, 0.717) is 19.3 Å². The van der Waals surface area contributed by atoms with E-state index in [2.05, 4.69) is 118 Å². The van der Waals surface area contributed by atoms with Crippen molar-refractivity contribution in [2.75, 3.05) is 13.2 Å². The molecule has 73 heavy (non-hydrogen) atoms. The minimum absolute atomic E-state index is 0.0410. The first-order valence-electron chi connectivity index (χ1n) is 28.2. The van der Waals surface area contributed by atoms with Crippen molar-refractivity contribution in [2.45, 2.75) is 250 Å². The van der Waals surface area contributed by atoms with Gasteiger partial charge in [0.15, 0.2) is 24.6 Å². The van der Waals surface area contributed by atoms with E-state index in [-0.39, 0.29) is 25.9 Å². The number of hydrogen-bond acceptors (Lipinski definition) is 11. The van der Waals surface area contributed by atoms with Crippen LogP contribution in [0.4, 0.5) is 0 Å². The molecule has 0 aromatic carbocycles. The summed E-state index contributed by atoms with van der Waals surface area (Å²) in [6.45, 7) is 5.66. The van der Waals surface area contributed by atoms with Crippen molar-refractivity contribution in [1.82, 2.24) is 0 Å². The molecular weight excluding hydrogens is 925 g/mol. The Hall–Kier alpha value is -4.36. The molecule has 0 bridgehead atoms. The van der Waals surface area contributed by atoms with Crippen LogP contribution < -0.4 is 0 Å². The lowest BCUT2D eigenvalue weighted by Crippen LogP contribution is -2.61. The van der Waals surface area contributed by atoms with E-state index in [1.807, 2.05) is 0 Å². The van der Waals surface area contributed by atoms with Gasteiger partial charge in [-0.2, -0.15) is 0 Å². The highest BCUT2D eigenvalue weighted by atomic mass is 16.7. The predicted molar refractivity (Wildman–Crippen MR) is 294 cm³/mol. The zero-order chi connectivity index (χ0) is 53.3. The van der Waals surface area contributed by atoms with E-state index in [1.165, 1.54) is 12.8 Å². The number of ether oxygens (including phenoxy) is 5. The second-order valence-electron chi connectivity index (χ2n) is 18.8. The van der Waals surface area contributed by atoms with E-state index in [4.69, 9.17) is 23.7 Å². The lowest BCUT2D eigenvalue weighted by Gasteiger charge is -2.40. The molecule has 0 aliphatic carbocycles. The van der Waals surface area contributed by atoms with Crippen LogP contribution in [0.3, 0.4) is 0 Å². The summed E-state index contributed by atoms with van der Waals surface area (Å²) in [5.41, 5.74) is 0. The molecule has 0 aromatic heterocycles. The molecule has 414 valence electrons. The van der Waals surface area contributed by atoms with Crippen molar-refractivity contribution in [2.24, 2.45) is 0 Å². The molecule has 1 aliphatic heterocycles. The zero-order valence-electron chi connectivity index (χ0n) is 45.3. The van der Waals surface area contributed by atoms with Gasteiger partial charge in [0.2, 0.25) is 0 Å². The van der Waals surface area contributed by atoms with Gasteiger partial charge in [-0.05, 0) is 109 Å². The second-order valence-corrected chi connectivity index (χ2v) is 18.8. The monoisotopic (exact) mass is 1020 g/mol. The summed E-state index contributed by atoms with van der Waals surface area (Å²) in [7, 11) is 0. The fourth-order valence-electron chi connectivity index (χ4n) is 7.82. The molecule has 0 saturated carbocycles. The summed E-state index contributed by atoms with van der Waals surface area (Å²) in [5.74, 6) is -3.20. The Morgan fingerprint density at radius 1 is 0.466 bits per heavy atom. The van der Waals surface area contributed by atoms with Crippen LogP contribution in [0, 0.1) is 0 Å². The maximum atomic E-state index is 13.1. The molecule has 1 heterocycles. The number of aliphatic carboxylic acids is 1. The molecule has 12 heteroatoms. The maximum Gasteiger partial charge on any atom is 0.335 e. The summed E-state index contributed by atoms with van der Waals surface area (Å²) < 4.78 is 28.3. The zero-order valence-corrected chi connectivity index (χ0v) is 45.3. The van der Waals surface area contributed by atoms with Gasteiger partial charge in [0, 0.05) is 19.3 Å². The molecule has 0 aromatic rings. The van der Waals surface area contributed by atoms with Crippen molar-refractivity contribution in [3.8, 4) is 0 Å². The number of rotatable bonds is 46. The Morgan fingerprint density at radius 3 is 1.33 bits per heavy atom. The summed E-state index contributed by atoms with van der Waals surface area (Å²) in [6, 6.07) is 0. The van der Waals surface area contributed by atoms with E-state index in [0.717, 1.165) is 141 Å². The Balaban J connectivity index is 2.74. The van der Waals surface area contributed by atoms with Gasteiger partial charge < -0.3 is 39.0 Å². The van der Waals surface area contributed by atoms with Gasteiger partial charge in [-0.1, -0.05) is 182 Å². The number of unbranched alkanes of at least 4 members (excludes halogenated alkanes) is 16. The highest BCUT2D eigenvalue weighted by Gasteiger charge is 2.50. The summed E-state index contributed by atoms with van der Waals surface area (Å²) in [5, 5.41) is 31.4. The van der Waals surface area contributed by atoms with Crippen LogP contribution in [0.2, 0.25) is 0 Å². The molecule has 0 radical (unpaired) electrons. The van der Waals surface area contributed by atoms with Crippen LogP contribution >= 0.6 is 0 Å². The number of allylic oxidation sites excluding steroid dienone is 16. The van der Waals surface area contributed by atoms with Gasteiger partial charge in [-0.3, -0.25) is 14.4 Å². The summed E-state index contributed by atoms with van der Waals surface area (Å²) >= 11 is 0. The van der Waals surface area contributed by atoms with Crippen molar-refractivity contribution in [3.05, 3.63) is 97.2 Å². The number of esters is 3. The van der Waals surface area contributed by atoms with Crippen LogP contribution in [0.15, 0.2) is 97.2 Å². The molecular formula is C61H98O12. The quantitative estimate of drug-likeness (QED) is 0.0228. The van der Waals surface area contributed by atoms with Crippen LogP contribution in [-0.4, -0.2) is 89.2 Å². The van der Waals surface area contributed by atoms with E-state index in [9.17, 15) is 34.5 Å². The first kappa shape index (κ1) is 66.7. The topological polar surface area (TPSA) is 175 Å². The highest BCUT2D eigenvalue weighted by molar-refractivity contribution is 5.74. The van der Waals surface area contributed by atoms with E-state index >= 15 is 0 Å². The van der Waals surface area contributed by atoms with Crippen LogP contribution in [-0.2, 0) is 42.9 Å². The number of carboxylic acid groups (broad SMARTS) is 1. The molecule has 1 fully saturated rings. The number of aliphatic hydroxyl groups excluding tert-OH is 2. The van der Waals surface area contributed by atoms with Crippen LogP contribution in [0.25, 0.3) is 0 Å². The van der Waals surface area contributed by atoms with Crippen LogP contribution in [0.5, 0.6) is 0 Å². The largest absolute Gasteiger partial charge is 0.479 e. The van der Waals surface area contributed by atoms with Crippen LogP contribution in [0.1, 0.15) is 213 Å². The SMILES string of the molecule is CC/C=C\C/C=C\C/C=C\C/C=C\CCCCCCC(=O)OCC(COC1OC(C(=O)O)C(O)C(O)C1OC(=O)CCCCCCC/C=C\CCCC)OC(=O)CCCCCCC/C=C\C/C=C\C/C=C\CC. The Morgan fingerprint density at radius 2 is 0.863 bits per heavy atom. The van der Waals surface area contributed by atoms with Crippen molar-refractivity contribution in [3.63, 3.8) is 0 Å². The maximum absolute atomic E-state index is 13.1. The normalized spacial score (nSPS) is 19.1. The minimum Gasteiger partial charge on any atom is -0.479 e. The number of carboxylic acids is 1. The lowest BCUT2D eigenvalue weighted by molar-refractivity contribution is -0.301. The molecule has 0 spiro atoms. The number of carbonyl (C=O) groups excluding carboxylic acids is 3. The number of carbonyl (C=O) groups is 4.